The third-order valence-electron chi connectivity index (χ3n) is 1.91. The molecule has 1 atom stereocenters. The van der Waals surface area contributed by atoms with Crippen LogP contribution in [0.5, 0.6) is 0 Å². The van der Waals surface area contributed by atoms with E-state index in [1.807, 2.05) is 0 Å². The molecule has 0 spiro atoms. The highest BCUT2D eigenvalue weighted by atomic mass is 79.9. The minimum absolute atomic E-state index is 0.393. The molecule has 17 heavy (non-hydrogen) atoms. The molecular weight excluding hydrogens is 290 g/mol. The minimum atomic E-state index is -0.680. The van der Waals surface area contributed by atoms with E-state index in [1.54, 1.807) is 19.1 Å². The van der Waals surface area contributed by atoms with Gasteiger partial charge in [0.25, 0.3) is 0 Å². The van der Waals surface area contributed by atoms with Gasteiger partial charge in [-0.1, -0.05) is 0 Å². The predicted molar refractivity (Wildman–Crippen MR) is 65.1 cm³/mol. The van der Waals surface area contributed by atoms with Crippen LogP contribution in [-0.4, -0.2) is 25.0 Å². The molecule has 1 amide bonds. The summed E-state index contributed by atoms with van der Waals surface area (Å²) in [5.74, 6) is -0.347. The lowest BCUT2D eigenvalue weighted by Crippen LogP contribution is -2.38. The van der Waals surface area contributed by atoms with E-state index in [9.17, 15) is 9.59 Å². The van der Waals surface area contributed by atoms with Crippen molar-refractivity contribution >= 4 is 33.9 Å². The van der Waals surface area contributed by atoms with Gasteiger partial charge >= 0.3 is 5.97 Å². The van der Waals surface area contributed by atoms with Crippen LogP contribution in [0.4, 0.5) is 0 Å². The second kappa shape index (κ2) is 6.24. The molecule has 0 aliphatic heterocycles. The van der Waals surface area contributed by atoms with Gasteiger partial charge in [0.15, 0.2) is 4.67 Å². The van der Waals surface area contributed by atoms with Crippen molar-refractivity contribution in [1.29, 1.82) is 0 Å². The molecule has 92 valence electrons. The van der Waals surface area contributed by atoms with Crippen molar-refractivity contribution < 1.29 is 18.7 Å². The zero-order valence-electron chi connectivity index (χ0n) is 9.40. The van der Waals surface area contributed by atoms with Crippen LogP contribution in [0.25, 0.3) is 6.08 Å². The Kier molecular flexibility index (Phi) is 4.96. The van der Waals surface area contributed by atoms with Crippen molar-refractivity contribution in [2.24, 2.45) is 0 Å². The summed E-state index contributed by atoms with van der Waals surface area (Å²) in [6.45, 7) is 1.54. The fourth-order valence-corrected chi connectivity index (χ4v) is 1.39. The summed E-state index contributed by atoms with van der Waals surface area (Å²) in [4.78, 5) is 22.4. The fourth-order valence-electron chi connectivity index (χ4n) is 1.07. The quantitative estimate of drug-likeness (QED) is 0.679. The zero-order valence-corrected chi connectivity index (χ0v) is 11.0. The molecule has 0 aliphatic rings. The molecule has 6 heteroatoms. The van der Waals surface area contributed by atoms with E-state index in [0.717, 1.165) is 0 Å². The number of carbonyl (C=O) groups is 2. The summed E-state index contributed by atoms with van der Waals surface area (Å²) < 4.78 is 10.2. The van der Waals surface area contributed by atoms with Crippen LogP contribution >= 0.6 is 15.9 Å². The van der Waals surface area contributed by atoms with Crippen LogP contribution in [-0.2, 0) is 14.3 Å². The van der Waals surface area contributed by atoms with E-state index in [2.05, 4.69) is 26.0 Å². The molecule has 0 bridgehead atoms. The number of methoxy groups -OCH3 is 1. The van der Waals surface area contributed by atoms with Crippen LogP contribution in [0, 0.1) is 0 Å². The highest BCUT2D eigenvalue weighted by Gasteiger charge is 2.13. The number of furan rings is 1. The molecule has 0 fully saturated rings. The number of amides is 1. The molecule has 0 unspecified atom stereocenters. The van der Waals surface area contributed by atoms with Crippen molar-refractivity contribution in [1.82, 2.24) is 5.32 Å². The van der Waals surface area contributed by atoms with Crippen LogP contribution in [0.15, 0.2) is 27.3 Å². The second-order valence-corrected chi connectivity index (χ2v) is 4.01. The van der Waals surface area contributed by atoms with Crippen LogP contribution in [0.2, 0.25) is 0 Å². The lowest BCUT2D eigenvalue weighted by atomic mass is 10.3. The Hall–Kier alpha value is -1.56. The maximum atomic E-state index is 11.4. The number of carbonyl (C=O) groups excluding carboxylic acids is 2. The number of hydrogen-bond acceptors (Lipinski definition) is 4. The zero-order chi connectivity index (χ0) is 12.8. The highest BCUT2D eigenvalue weighted by Crippen LogP contribution is 2.14. The second-order valence-electron chi connectivity index (χ2n) is 3.23. The Balaban J connectivity index is 2.50. The van der Waals surface area contributed by atoms with Gasteiger partial charge in [-0.05, 0) is 41.1 Å². The molecular formula is C11H12BrNO4. The van der Waals surface area contributed by atoms with Gasteiger partial charge < -0.3 is 14.5 Å². The molecule has 1 heterocycles. The normalized spacial score (nSPS) is 12.4. The van der Waals surface area contributed by atoms with E-state index in [-0.39, 0.29) is 0 Å². The van der Waals surface area contributed by atoms with Crippen molar-refractivity contribution in [2.45, 2.75) is 13.0 Å². The summed E-state index contributed by atoms with van der Waals surface area (Å²) in [5, 5.41) is 2.45. The van der Waals surface area contributed by atoms with E-state index < -0.39 is 17.9 Å². The Labute approximate surface area is 107 Å². The monoisotopic (exact) mass is 301 g/mol. The number of halogens is 1. The minimum Gasteiger partial charge on any atom is -0.467 e. The van der Waals surface area contributed by atoms with E-state index >= 15 is 0 Å². The molecule has 0 radical (unpaired) electrons. The lowest BCUT2D eigenvalue weighted by molar-refractivity contribution is -0.144. The van der Waals surface area contributed by atoms with Crippen LogP contribution in [0.1, 0.15) is 12.7 Å². The van der Waals surface area contributed by atoms with Gasteiger partial charge in [0, 0.05) is 6.08 Å². The first-order valence-electron chi connectivity index (χ1n) is 4.84. The number of rotatable bonds is 4. The van der Waals surface area contributed by atoms with Crippen molar-refractivity contribution in [2.75, 3.05) is 7.11 Å². The standard InChI is InChI=1S/C11H12BrNO4/c1-7(11(15)16-2)13-10(14)6-4-8-3-5-9(12)17-8/h3-7H,1-2H3,(H,13,14)/b6-4-/t7-/m0/s1. The molecule has 5 nitrogen and oxygen atoms in total. The maximum absolute atomic E-state index is 11.4. The van der Waals surface area contributed by atoms with Crippen molar-refractivity contribution in [3.63, 3.8) is 0 Å². The Bertz CT molecular complexity index is 438. The molecule has 1 aromatic heterocycles. The summed E-state index contributed by atoms with van der Waals surface area (Å²) in [7, 11) is 1.27. The average Bonchev–Trinajstić information content (AvgIpc) is 2.71. The van der Waals surface area contributed by atoms with Crippen LogP contribution < -0.4 is 5.32 Å². The molecule has 0 aromatic carbocycles. The molecule has 0 aliphatic carbocycles. The molecule has 1 N–H and O–H groups in total. The summed E-state index contributed by atoms with van der Waals surface area (Å²) >= 11 is 3.15. The van der Waals surface area contributed by atoms with Gasteiger partial charge in [0.1, 0.15) is 11.8 Å². The number of esters is 1. The first-order chi connectivity index (χ1) is 8.02. The topological polar surface area (TPSA) is 68.5 Å². The van der Waals surface area contributed by atoms with Gasteiger partial charge in [-0.25, -0.2) is 4.79 Å². The van der Waals surface area contributed by atoms with Crippen molar-refractivity contribution in [3.8, 4) is 0 Å². The van der Waals surface area contributed by atoms with E-state index in [4.69, 9.17) is 4.42 Å². The summed E-state index contributed by atoms with van der Waals surface area (Å²) in [6.07, 6.45) is 2.79. The first kappa shape index (κ1) is 13.5. The predicted octanol–water partition coefficient (Wildman–Crippen LogP) is 1.73. The number of hydrogen-bond donors (Lipinski definition) is 1. The summed E-state index contributed by atoms with van der Waals surface area (Å²) in [6, 6.07) is 2.74. The number of nitrogens with one attached hydrogen (secondary N) is 1. The van der Waals surface area contributed by atoms with Gasteiger partial charge in [0.2, 0.25) is 5.91 Å². The Morgan fingerprint density at radius 2 is 2.24 bits per heavy atom. The maximum Gasteiger partial charge on any atom is 0.328 e. The van der Waals surface area contributed by atoms with Gasteiger partial charge in [-0.15, -0.1) is 0 Å². The average molecular weight is 302 g/mol. The highest BCUT2D eigenvalue weighted by molar-refractivity contribution is 9.10. The van der Waals surface area contributed by atoms with E-state index in [1.165, 1.54) is 19.3 Å². The molecule has 0 saturated heterocycles. The lowest BCUT2D eigenvalue weighted by Gasteiger charge is -2.08. The molecule has 1 aromatic rings. The van der Waals surface area contributed by atoms with Crippen molar-refractivity contribution in [3.05, 3.63) is 28.6 Å². The SMILES string of the molecule is COC(=O)[C@H](C)NC(=O)/C=C\c1ccc(Br)o1. The summed E-state index contributed by atoms with van der Waals surface area (Å²) in [5.41, 5.74) is 0. The number of ether oxygens (including phenoxy) is 1. The third kappa shape index (κ3) is 4.44. The largest absolute Gasteiger partial charge is 0.467 e. The third-order valence-corrected chi connectivity index (χ3v) is 2.33. The smallest absolute Gasteiger partial charge is 0.328 e. The van der Waals surface area contributed by atoms with Gasteiger partial charge in [-0.2, -0.15) is 0 Å². The Morgan fingerprint density at radius 3 is 2.76 bits per heavy atom. The van der Waals surface area contributed by atoms with Crippen LogP contribution in [0.3, 0.4) is 0 Å². The van der Waals surface area contributed by atoms with Gasteiger partial charge in [0.05, 0.1) is 7.11 Å². The first-order valence-corrected chi connectivity index (χ1v) is 5.64. The fraction of sp³-hybridized carbons (Fsp3) is 0.273. The van der Waals surface area contributed by atoms with Gasteiger partial charge in [-0.3, -0.25) is 4.79 Å². The van der Waals surface area contributed by atoms with E-state index in [0.29, 0.717) is 10.4 Å². The molecule has 1 rings (SSSR count). The molecule has 0 saturated carbocycles. The Morgan fingerprint density at radius 1 is 1.53 bits per heavy atom.